The minimum absolute atomic E-state index is 0.0132. The van der Waals surface area contributed by atoms with Crippen LogP contribution in [0, 0.1) is 0 Å². The van der Waals surface area contributed by atoms with Crippen LogP contribution in [0.5, 0.6) is 0 Å². The highest BCUT2D eigenvalue weighted by Crippen LogP contribution is 2.26. The maximum absolute atomic E-state index is 12.5. The molecule has 5 heteroatoms. The summed E-state index contributed by atoms with van der Waals surface area (Å²) in [7, 11) is 0. The molecule has 2 aromatic carbocycles. The average molecular weight is 333 g/mol. The van der Waals surface area contributed by atoms with Gasteiger partial charge >= 0.3 is 11.9 Å². The Morgan fingerprint density at radius 2 is 1.40 bits per heavy atom. The topological polar surface area (TPSA) is 76.5 Å². The molecule has 0 bridgehead atoms. The quantitative estimate of drug-likeness (QED) is 0.720. The van der Waals surface area contributed by atoms with Crippen molar-refractivity contribution in [3.8, 4) is 0 Å². The number of benzene rings is 2. The Labute approximate surface area is 144 Å². The molecule has 0 saturated carbocycles. The van der Waals surface area contributed by atoms with E-state index in [9.17, 15) is 9.59 Å². The van der Waals surface area contributed by atoms with Crippen LogP contribution in [0.2, 0.25) is 0 Å². The van der Waals surface area contributed by atoms with Crippen molar-refractivity contribution in [3.05, 3.63) is 101 Å². The van der Waals surface area contributed by atoms with E-state index < -0.39 is 18.0 Å². The summed E-state index contributed by atoms with van der Waals surface area (Å²) in [6, 6.07) is 21.5. The van der Waals surface area contributed by atoms with Gasteiger partial charge in [-0.3, -0.25) is 0 Å². The molecular weight excluding hydrogens is 318 g/mol. The first-order valence-electron chi connectivity index (χ1n) is 7.65. The highest BCUT2D eigenvalue weighted by molar-refractivity contribution is 5.90. The van der Waals surface area contributed by atoms with Crippen LogP contribution < -0.4 is 0 Å². The van der Waals surface area contributed by atoms with Crippen LogP contribution in [0.15, 0.2) is 79.0 Å². The Hall–Kier alpha value is -3.47. The van der Waals surface area contributed by atoms with Crippen LogP contribution in [0.4, 0.5) is 0 Å². The van der Waals surface area contributed by atoms with E-state index in [1.165, 1.54) is 12.1 Å². The van der Waals surface area contributed by atoms with E-state index in [0.717, 1.165) is 17.3 Å². The van der Waals surface area contributed by atoms with Crippen LogP contribution in [-0.2, 0) is 4.74 Å². The number of ether oxygens (including phenoxy) is 1. The second kappa shape index (κ2) is 7.40. The molecule has 3 rings (SSSR count). The smallest absolute Gasteiger partial charge is 0.357 e. The molecule has 5 nitrogen and oxygen atoms in total. The Balaban J connectivity index is 1.87. The Kier molecular flexibility index (Phi) is 4.85. The van der Waals surface area contributed by atoms with Crippen LogP contribution in [0.1, 0.15) is 38.1 Å². The van der Waals surface area contributed by atoms with Crippen LogP contribution >= 0.6 is 0 Å². The lowest BCUT2D eigenvalue weighted by molar-refractivity contribution is 0.0370. The summed E-state index contributed by atoms with van der Waals surface area (Å²) in [5.74, 6) is -1.71. The van der Waals surface area contributed by atoms with Crippen LogP contribution in [0.3, 0.4) is 0 Å². The van der Waals surface area contributed by atoms with Gasteiger partial charge in [-0.05, 0) is 23.3 Å². The zero-order chi connectivity index (χ0) is 17.6. The first-order chi connectivity index (χ1) is 12.1. The van der Waals surface area contributed by atoms with Gasteiger partial charge < -0.3 is 9.84 Å². The molecule has 0 radical (unpaired) electrons. The Morgan fingerprint density at radius 1 is 0.840 bits per heavy atom. The SMILES string of the molecule is O=C(O)c1ccc(C(=O)OC(c2ccccc2)c2ccccc2)nc1. The van der Waals surface area contributed by atoms with Gasteiger partial charge in [-0.2, -0.15) is 0 Å². The number of hydrogen-bond acceptors (Lipinski definition) is 4. The first-order valence-corrected chi connectivity index (χ1v) is 7.65. The number of aromatic nitrogens is 1. The van der Waals surface area contributed by atoms with Crippen molar-refractivity contribution < 1.29 is 19.4 Å². The molecule has 0 spiro atoms. The third kappa shape index (κ3) is 3.90. The molecule has 3 aromatic rings. The predicted octanol–water partition coefficient (Wildman–Crippen LogP) is 3.73. The van der Waals surface area contributed by atoms with Crippen molar-refractivity contribution in [2.75, 3.05) is 0 Å². The molecule has 0 amide bonds. The van der Waals surface area contributed by atoms with Gasteiger partial charge in [0.25, 0.3) is 0 Å². The predicted molar refractivity (Wildman–Crippen MR) is 91.3 cm³/mol. The van der Waals surface area contributed by atoms with E-state index in [0.29, 0.717) is 0 Å². The summed E-state index contributed by atoms with van der Waals surface area (Å²) in [4.78, 5) is 27.2. The minimum Gasteiger partial charge on any atom is -0.478 e. The standard InChI is InChI=1S/C20H15NO4/c22-19(23)16-11-12-17(21-13-16)20(24)25-18(14-7-3-1-4-8-14)15-9-5-2-6-10-15/h1-13,18H,(H,22,23). The molecule has 0 aliphatic rings. The van der Waals surface area contributed by atoms with E-state index in [1.807, 2.05) is 60.7 Å². The lowest BCUT2D eigenvalue weighted by Crippen LogP contribution is -2.14. The van der Waals surface area contributed by atoms with Crippen molar-refractivity contribution in [1.82, 2.24) is 4.98 Å². The molecule has 0 unspecified atom stereocenters. The summed E-state index contributed by atoms with van der Waals surface area (Å²) in [6.07, 6.45) is 0.565. The fourth-order valence-electron chi connectivity index (χ4n) is 2.39. The number of aromatic carboxylic acids is 1. The van der Waals surface area contributed by atoms with Crippen molar-refractivity contribution >= 4 is 11.9 Å². The van der Waals surface area contributed by atoms with Gasteiger partial charge in [0.2, 0.25) is 0 Å². The van der Waals surface area contributed by atoms with E-state index in [-0.39, 0.29) is 11.3 Å². The third-order valence-corrected chi connectivity index (χ3v) is 3.65. The largest absolute Gasteiger partial charge is 0.478 e. The summed E-state index contributed by atoms with van der Waals surface area (Å²) >= 11 is 0. The highest BCUT2D eigenvalue weighted by atomic mass is 16.5. The molecular formula is C20H15NO4. The number of nitrogens with zero attached hydrogens (tertiary/aromatic N) is 1. The fourth-order valence-corrected chi connectivity index (χ4v) is 2.39. The van der Waals surface area contributed by atoms with Crippen LogP contribution in [-0.4, -0.2) is 22.0 Å². The first kappa shape index (κ1) is 16.4. The lowest BCUT2D eigenvalue weighted by atomic mass is 10.0. The number of carboxylic acid groups (broad SMARTS) is 1. The molecule has 0 aliphatic carbocycles. The molecule has 25 heavy (non-hydrogen) atoms. The fraction of sp³-hybridized carbons (Fsp3) is 0.0500. The monoisotopic (exact) mass is 333 g/mol. The van der Waals surface area contributed by atoms with Gasteiger partial charge in [0, 0.05) is 6.20 Å². The zero-order valence-corrected chi connectivity index (χ0v) is 13.2. The number of carbonyl (C=O) groups is 2. The normalized spacial score (nSPS) is 10.4. The molecule has 1 N–H and O–H groups in total. The summed E-state index contributed by atoms with van der Waals surface area (Å²) in [5, 5.41) is 8.90. The number of carbonyl (C=O) groups excluding carboxylic acids is 1. The number of rotatable bonds is 5. The van der Waals surface area contributed by atoms with Gasteiger partial charge in [-0.15, -0.1) is 0 Å². The Morgan fingerprint density at radius 3 is 1.84 bits per heavy atom. The molecule has 1 aromatic heterocycles. The molecule has 0 fully saturated rings. The summed E-state index contributed by atoms with van der Waals surface area (Å²) in [6.45, 7) is 0. The minimum atomic E-state index is -1.10. The second-order valence-electron chi connectivity index (χ2n) is 5.34. The van der Waals surface area contributed by atoms with E-state index >= 15 is 0 Å². The molecule has 0 aliphatic heterocycles. The summed E-state index contributed by atoms with van der Waals surface area (Å²) < 4.78 is 5.66. The van der Waals surface area contributed by atoms with Crippen molar-refractivity contribution in [2.24, 2.45) is 0 Å². The van der Waals surface area contributed by atoms with Gasteiger partial charge in [0.05, 0.1) is 5.56 Å². The maximum Gasteiger partial charge on any atom is 0.357 e. The van der Waals surface area contributed by atoms with Crippen molar-refractivity contribution in [3.63, 3.8) is 0 Å². The van der Waals surface area contributed by atoms with Crippen molar-refractivity contribution in [2.45, 2.75) is 6.10 Å². The third-order valence-electron chi connectivity index (χ3n) is 3.65. The number of esters is 1. The molecule has 0 saturated heterocycles. The Bertz CT molecular complexity index is 822. The van der Waals surface area contributed by atoms with E-state index in [1.54, 1.807) is 0 Å². The maximum atomic E-state index is 12.5. The van der Waals surface area contributed by atoms with Gasteiger partial charge in [0.15, 0.2) is 6.10 Å². The van der Waals surface area contributed by atoms with Crippen molar-refractivity contribution in [1.29, 1.82) is 0 Å². The zero-order valence-electron chi connectivity index (χ0n) is 13.2. The molecule has 124 valence electrons. The number of pyridine rings is 1. The highest BCUT2D eigenvalue weighted by Gasteiger charge is 2.20. The van der Waals surface area contributed by atoms with E-state index in [4.69, 9.17) is 9.84 Å². The van der Waals surface area contributed by atoms with Gasteiger partial charge in [0.1, 0.15) is 5.69 Å². The number of carboxylic acids is 1. The number of hydrogen-bond donors (Lipinski definition) is 1. The second-order valence-corrected chi connectivity index (χ2v) is 5.34. The molecule has 0 atom stereocenters. The lowest BCUT2D eigenvalue weighted by Gasteiger charge is -2.18. The average Bonchev–Trinajstić information content (AvgIpc) is 2.67. The van der Waals surface area contributed by atoms with Gasteiger partial charge in [-0.25, -0.2) is 14.6 Å². The van der Waals surface area contributed by atoms with E-state index in [2.05, 4.69) is 4.98 Å². The molecule has 1 heterocycles. The summed E-state index contributed by atoms with van der Waals surface area (Å²) in [5.41, 5.74) is 1.74. The van der Waals surface area contributed by atoms with Crippen LogP contribution in [0.25, 0.3) is 0 Å². The van der Waals surface area contributed by atoms with Gasteiger partial charge in [-0.1, -0.05) is 60.7 Å².